The highest BCUT2D eigenvalue weighted by Gasteiger charge is 2.26. The van der Waals surface area contributed by atoms with Crippen molar-refractivity contribution in [3.63, 3.8) is 0 Å². The molecule has 0 spiro atoms. The van der Waals surface area contributed by atoms with Gasteiger partial charge in [0, 0.05) is 6.42 Å². The fraction of sp³-hybridized carbons (Fsp3) is 1.00. The van der Waals surface area contributed by atoms with Crippen LogP contribution in [0.2, 0.25) is 0 Å². The largest absolute Gasteiger partial charge is 0.394 e. The van der Waals surface area contributed by atoms with E-state index in [-0.39, 0.29) is 24.9 Å². The zero-order valence-electron chi connectivity index (χ0n) is 6.86. The molecule has 0 aromatic rings. The highest BCUT2D eigenvalue weighted by molar-refractivity contribution is 4.75. The Bertz CT molecular complexity index is 104. The zero-order chi connectivity index (χ0) is 8.27. The molecule has 1 heterocycles. The van der Waals surface area contributed by atoms with Crippen molar-refractivity contribution < 1.29 is 14.9 Å². The fourth-order valence-electron chi connectivity index (χ4n) is 1.47. The van der Waals surface area contributed by atoms with Gasteiger partial charge in [0.25, 0.3) is 0 Å². The molecule has 0 aliphatic carbocycles. The third kappa shape index (κ3) is 2.43. The van der Waals surface area contributed by atoms with Crippen molar-refractivity contribution in [1.29, 1.82) is 0 Å². The van der Waals surface area contributed by atoms with Crippen LogP contribution in [-0.2, 0) is 4.74 Å². The van der Waals surface area contributed by atoms with Crippen molar-refractivity contribution in [2.75, 3.05) is 6.61 Å². The molecule has 3 atom stereocenters. The van der Waals surface area contributed by atoms with Crippen LogP contribution < -0.4 is 0 Å². The molecule has 3 heteroatoms. The lowest BCUT2D eigenvalue weighted by Crippen LogP contribution is -2.37. The van der Waals surface area contributed by atoms with E-state index >= 15 is 0 Å². The summed E-state index contributed by atoms with van der Waals surface area (Å²) in [6, 6.07) is 0. The SMILES string of the molecule is CCC1CC(O)CC(CO)O1. The van der Waals surface area contributed by atoms with Crippen LogP contribution in [0.3, 0.4) is 0 Å². The van der Waals surface area contributed by atoms with Gasteiger partial charge < -0.3 is 14.9 Å². The van der Waals surface area contributed by atoms with E-state index in [2.05, 4.69) is 0 Å². The van der Waals surface area contributed by atoms with E-state index < -0.39 is 0 Å². The molecule has 0 aromatic heterocycles. The summed E-state index contributed by atoms with van der Waals surface area (Å²) in [5, 5.41) is 18.1. The topological polar surface area (TPSA) is 49.7 Å². The van der Waals surface area contributed by atoms with Crippen molar-refractivity contribution in [3.05, 3.63) is 0 Å². The average molecular weight is 160 g/mol. The third-order valence-electron chi connectivity index (χ3n) is 2.11. The molecule has 0 aromatic carbocycles. The summed E-state index contributed by atoms with van der Waals surface area (Å²) < 4.78 is 5.45. The molecule has 3 nitrogen and oxygen atoms in total. The Labute approximate surface area is 67.0 Å². The number of ether oxygens (including phenoxy) is 1. The summed E-state index contributed by atoms with van der Waals surface area (Å²) in [6.45, 7) is 2.05. The normalized spacial score (nSPS) is 39.0. The maximum Gasteiger partial charge on any atom is 0.0834 e. The van der Waals surface area contributed by atoms with E-state index in [4.69, 9.17) is 9.84 Å². The lowest BCUT2D eigenvalue weighted by atomic mass is 10.00. The maximum absolute atomic E-state index is 9.32. The van der Waals surface area contributed by atoms with Crippen molar-refractivity contribution in [1.82, 2.24) is 0 Å². The van der Waals surface area contributed by atoms with E-state index in [0.717, 1.165) is 6.42 Å². The van der Waals surface area contributed by atoms with Crippen LogP contribution in [0, 0.1) is 0 Å². The number of hydrogen-bond donors (Lipinski definition) is 2. The minimum absolute atomic E-state index is 0.0214. The Morgan fingerprint density at radius 1 is 1.36 bits per heavy atom. The minimum Gasteiger partial charge on any atom is -0.394 e. The van der Waals surface area contributed by atoms with Crippen LogP contribution in [-0.4, -0.2) is 35.1 Å². The van der Waals surface area contributed by atoms with E-state index in [0.29, 0.717) is 12.8 Å². The quantitative estimate of drug-likeness (QED) is 0.610. The molecular weight excluding hydrogens is 144 g/mol. The Morgan fingerprint density at radius 3 is 2.55 bits per heavy atom. The molecule has 66 valence electrons. The van der Waals surface area contributed by atoms with Crippen molar-refractivity contribution in [3.8, 4) is 0 Å². The van der Waals surface area contributed by atoms with E-state index in [1.807, 2.05) is 6.92 Å². The third-order valence-corrected chi connectivity index (χ3v) is 2.11. The molecule has 1 rings (SSSR count). The first-order valence-electron chi connectivity index (χ1n) is 4.20. The van der Waals surface area contributed by atoms with Gasteiger partial charge in [-0.2, -0.15) is 0 Å². The van der Waals surface area contributed by atoms with Crippen LogP contribution in [0.1, 0.15) is 26.2 Å². The van der Waals surface area contributed by atoms with Crippen molar-refractivity contribution in [2.45, 2.75) is 44.5 Å². The Hall–Kier alpha value is -0.120. The molecule has 3 unspecified atom stereocenters. The molecule has 1 saturated heterocycles. The first-order chi connectivity index (χ1) is 5.26. The zero-order valence-corrected chi connectivity index (χ0v) is 6.86. The van der Waals surface area contributed by atoms with Gasteiger partial charge in [-0.05, 0) is 12.8 Å². The average Bonchev–Trinajstić information content (AvgIpc) is 2.03. The molecule has 0 radical (unpaired) electrons. The second-order valence-electron chi connectivity index (χ2n) is 3.10. The summed E-state index contributed by atoms with van der Waals surface area (Å²) in [7, 11) is 0. The molecule has 0 amide bonds. The lowest BCUT2D eigenvalue weighted by molar-refractivity contribution is -0.112. The summed E-state index contributed by atoms with van der Waals surface area (Å²) >= 11 is 0. The van der Waals surface area contributed by atoms with Crippen LogP contribution in [0.4, 0.5) is 0 Å². The minimum atomic E-state index is -0.286. The summed E-state index contributed by atoms with van der Waals surface area (Å²) in [4.78, 5) is 0. The highest BCUT2D eigenvalue weighted by atomic mass is 16.5. The van der Waals surface area contributed by atoms with Gasteiger partial charge in [0.2, 0.25) is 0 Å². The molecule has 0 saturated carbocycles. The molecule has 2 N–H and O–H groups in total. The smallest absolute Gasteiger partial charge is 0.0834 e. The number of rotatable bonds is 2. The van der Waals surface area contributed by atoms with Crippen molar-refractivity contribution >= 4 is 0 Å². The predicted molar refractivity (Wildman–Crippen MR) is 41.3 cm³/mol. The fourth-order valence-corrected chi connectivity index (χ4v) is 1.47. The second-order valence-corrected chi connectivity index (χ2v) is 3.10. The van der Waals surface area contributed by atoms with Gasteiger partial charge in [-0.25, -0.2) is 0 Å². The molecule has 1 aliphatic heterocycles. The number of aliphatic hydroxyl groups is 2. The second kappa shape index (κ2) is 4.04. The van der Waals surface area contributed by atoms with Crippen LogP contribution in [0.25, 0.3) is 0 Å². The molecule has 1 fully saturated rings. The van der Waals surface area contributed by atoms with Gasteiger partial charge in [0.05, 0.1) is 24.9 Å². The first kappa shape index (κ1) is 8.97. The molecule has 11 heavy (non-hydrogen) atoms. The van der Waals surface area contributed by atoms with E-state index in [1.54, 1.807) is 0 Å². The van der Waals surface area contributed by atoms with Gasteiger partial charge in [-0.1, -0.05) is 6.92 Å². The summed E-state index contributed by atoms with van der Waals surface area (Å²) in [5.41, 5.74) is 0. The Morgan fingerprint density at radius 2 is 2.00 bits per heavy atom. The highest BCUT2D eigenvalue weighted by Crippen LogP contribution is 2.20. The number of hydrogen-bond acceptors (Lipinski definition) is 3. The molecule has 1 aliphatic rings. The lowest BCUT2D eigenvalue weighted by Gasteiger charge is -2.31. The van der Waals surface area contributed by atoms with Gasteiger partial charge in [-0.3, -0.25) is 0 Å². The van der Waals surface area contributed by atoms with Gasteiger partial charge in [0.15, 0.2) is 0 Å². The maximum atomic E-state index is 9.32. The summed E-state index contributed by atoms with van der Waals surface area (Å²) in [5.74, 6) is 0. The Kier molecular flexibility index (Phi) is 3.30. The van der Waals surface area contributed by atoms with Gasteiger partial charge in [0.1, 0.15) is 0 Å². The van der Waals surface area contributed by atoms with Crippen molar-refractivity contribution in [2.24, 2.45) is 0 Å². The van der Waals surface area contributed by atoms with Gasteiger partial charge >= 0.3 is 0 Å². The van der Waals surface area contributed by atoms with Crippen LogP contribution >= 0.6 is 0 Å². The van der Waals surface area contributed by atoms with Crippen LogP contribution in [0.15, 0.2) is 0 Å². The summed E-state index contributed by atoms with van der Waals surface area (Å²) in [6.07, 6.45) is 1.90. The molecule has 0 bridgehead atoms. The standard InChI is InChI=1S/C8H16O3/c1-2-7-3-6(10)4-8(5-9)11-7/h6-10H,2-5H2,1H3. The van der Waals surface area contributed by atoms with Gasteiger partial charge in [-0.15, -0.1) is 0 Å². The van der Waals surface area contributed by atoms with E-state index in [9.17, 15) is 5.11 Å². The Balaban J connectivity index is 2.37. The molecular formula is C8H16O3. The van der Waals surface area contributed by atoms with Crippen LogP contribution in [0.5, 0.6) is 0 Å². The number of aliphatic hydroxyl groups excluding tert-OH is 2. The monoisotopic (exact) mass is 160 g/mol. The first-order valence-corrected chi connectivity index (χ1v) is 4.20. The predicted octanol–water partition coefficient (Wildman–Crippen LogP) is 0.297. The van der Waals surface area contributed by atoms with E-state index in [1.165, 1.54) is 0 Å².